The zero-order valence-electron chi connectivity index (χ0n) is 8.41. The Hall–Kier alpha value is -1.66. The van der Waals surface area contributed by atoms with Crippen LogP contribution in [0.5, 0.6) is 0 Å². The maximum Gasteiger partial charge on any atom is 0.171 e. The van der Waals surface area contributed by atoms with Crippen LogP contribution in [0.1, 0.15) is 18.1 Å². The van der Waals surface area contributed by atoms with E-state index in [1.54, 1.807) is 24.5 Å². The minimum Gasteiger partial charge on any atom is -0.294 e. The molecule has 76 valence electrons. The number of aromatic nitrogens is 1. The average molecular weight is 221 g/mol. The van der Waals surface area contributed by atoms with Gasteiger partial charge in [-0.2, -0.15) is 5.26 Å². The van der Waals surface area contributed by atoms with Gasteiger partial charge in [0, 0.05) is 18.0 Å². The number of allylic oxidation sites excluding steroid dienone is 1. The maximum absolute atomic E-state index is 11.1. The Balaban J connectivity index is 3.37. The number of hydrogen-bond donors (Lipinski definition) is 0. The number of nitriles is 1. The lowest BCUT2D eigenvalue weighted by atomic mass is 10.1. The highest BCUT2D eigenvalue weighted by molar-refractivity contribution is 6.51. The maximum atomic E-state index is 11.1. The predicted molar refractivity (Wildman–Crippen MR) is 58.0 cm³/mol. The third-order valence-electron chi connectivity index (χ3n) is 1.94. The molecule has 0 unspecified atom stereocenters. The lowest BCUT2D eigenvalue weighted by Crippen LogP contribution is -1.97. The normalized spacial score (nSPS) is 11.6. The average Bonchev–Trinajstić information content (AvgIpc) is 2.18. The molecule has 0 aliphatic carbocycles. The van der Waals surface area contributed by atoms with Gasteiger partial charge in [0.1, 0.15) is 11.6 Å². The van der Waals surface area contributed by atoms with E-state index in [0.717, 1.165) is 5.56 Å². The monoisotopic (exact) mass is 220 g/mol. The number of rotatable bonds is 2. The molecule has 0 fully saturated rings. The SMILES string of the molecule is CC(=O)/C(C#N)=C(/Cl)c1ccncc1C. The van der Waals surface area contributed by atoms with Crippen LogP contribution in [0.4, 0.5) is 0 Å². The minimum atomic E-state index is -0.335. The summed E-state index contributed by atoms with van der Waals surface area (Å²) in [5.41, 5.74) is 1.47. The Morgan fingerprint density at radius 3 is 2.73 bits per heavy atom. The van der Waals surface area contributed by atoms with Gasteiger partial charge in [0.2, 0.25) is 0 Å². The van der Waals surface area contributed by atoms with E-state index in [2.05, 4.69) is 4.98 Å². The molecule has 0 radical (unpaired) electrons. The van der Waals surface area contributed by atoms with Crippen molar-refractivity contribution in [3.63, 3.8) is 0 Å². The van der Waals surface area contributed by atoms with Crippen molar-refractivity contribution < 1.29 is 4.79 Å². The molecule has 0 amide bonds. The highest BCUT2D eigenvalue weighted by atomic mass is 35.5. The van der Waals surface area contributed by atoms with Gasteiger partial charge in [0.15, 0.2) is 5.78 Å². The van der Waals surface area contributed by atoms with Crippen molar-refractivity contribution in [2.24, 2.45) is 0 Å². The van der Waals surface area contributed by atoms with Gasteiger partial charge in [-0.3, -0.25) is 9.78 Å². The van der Waals surface area contributed by atoms with Gasteiger partial charge in [-0.1, -0.05) is 11.6 Å². The molecule has 15 heavy (non-hydrogen) atoms. The fraction of sp³-hybridized carbons (Fsp3) is 0.182. The van der Waals surface area contributed by atoms with Crippen LogP contribution in [-0.2, 0) is 4.79 Å². The van der Waals surface area contributed by atoms with Crippen molar-refractivity contribution >= 4 is 22.4 Å². The van der Waals surface area contributed by atoms with E-state index < -0.39 is 0 Å². The number of Topliss-reactive ketones (excluding diaryl/α,β-unsaturated/α-hetero) is 1. The third-order valence-corrected chi connectivity index (χ3v) is 2.33. The second-order valence-electron chi connectivity index (χ2n) is 3.05. The van der Waals surface area contributed by atoms with E-state index >= 15 is 0 Å². The molecule has 0 aromatic carbocycles. The molecule has 3 nitrogen and oxygen atoms in total. The molecule has 0 N–H and O–H groups in total. The first kappa shape index (κ1) is 11.4. The Morgan fingerprint density at radius 2 is 2.27 bits per heavy atom. The second kappa shape index (κ2) is 4.72. The van der Waals surface area contributed by atoms with Gasteiger partial charge in [-0.25, -0.2) is 0 Å². The summed E-state index contributed by atoms with van der Waals surface area (Å²) in [4.78, 5) is 15.0. The molecule has 1 heterocycles. The Bertz CT molecular complexity index is 472. The van der Waals surface area contributed by atoms with E-state index in [-0.39, 0.29) is 16.4 Å². The van der Waals surface area contributed by atoms with Crippen LogP contribution in [0.3, 0.4) is 0 Å². The Kier molecular flexibility index (Phi) is 3.59. The molecule has 0 bridgehead atoms. The van der Waals surface area contributed by atoms with Crippen LogP contribution in [0.2, 0.25) is 0 Å². The van der Waals surface area contributed by atoms with Crippen LogP contribution >= 0.6 is 11.6 Å². The molecule has 0 atom stereocenters. The largest absolute Gasteiger partial charge is 0.294 e. The first-order chi connectivity index (χ1) is 7.07. The van der Waals surface area contributed by atoms with Gasteiger partial charge in [0.05, 0.1) is 5.03 Å². The quantitative estimate of drug-likeness (QED) is 0.568. The lowest BCUT2D eigenvalue weighted by Gasteiger charge is -2.04. The summed E-state index contributed by atoms with van der Waals surface area (Å²) >= 11 is 5.98. The summed E-state index contributed by atoms with van der Waals surface area (Å²) in [5.74, 6) is -0.335. The smallest absolute Gasteiger partial charge is 0.171 e. The molecular weight excluding hydrogens is 212 g/mol. The number of hydrogen-bond acceptors (Lipinski definition) is 3. The van der Waals surface area contributed by atoms with Crippen molar-refractivity contribution in [1.29, 1.82) is 5.26 Å². The number of pyridine rings is 1. The van der Waals surface area contributed by atoms with E-state index in [4.69, 9.17) is 16.9 Å². The number of aryl methyl sites for hydroxylation is 1. The van der Waals surface area contributed by atoms with Crippen LogP contribution < -0.4 is 0 Å². The molecule has 0 aliphatic rings. The molecule has 0 spiro atoms. The molecule has 1 aromatic rings. The van der Waals surface area contributed by atoms with E-state index in [9.17, 15) is 4.79 Å². The lowest BCUT2D eigenvalue weighted by molar-refractivity contribution is -0.113. The molecule has 1 aromatic heterocycles. The Morgan fingerprint density at radius 1 is 1.60 bits per heavy atom. The van der Waals surface area contributed by atoms with Crippen LogP contribution in [0.25, 0.3) is 5.03 Å². The second-order valence-corrected chi connectivity index (χ2v) is 3.43. The first-order valence-corrected chi connectivity index (χ1v) is 4.67. The molecular formula is C11H9ClN2O. The number of nitrogens with zero attached hydrogens (tertiary/aromatic N) is 2. The van der Waals surface area contributed by atoms with Crippen molar-refractivity contribution in [1.82, 2.24) is 4.98 Å². The number of halogens is 1. The zero-order chi connectivity index (χ0) is 11.4. The molecule has 0 aliphatic heterocycles. The van der Waals surface area contributed by atoms with Gasteiger partial charge in [-0.05, 0) is 25.5 Å². The zero-order valence-corrected chi connectivity index (χ0v) is 9.17. The van der Waals surface area contributed by atoms with Crippen molar-refractivity contribution in [3.05, 3.63) is 35.2 Å². The molecule has 4 heteroatoms. The number of carbonyl (C=O) groups is 1. The summed E-state index contributed by atoms with van der Waals surface area (Å²) in [6, 6.07) is 3.48. The van der Waals surface area contributed by atoms with Crippen LogP contribution in [0, 0.1) is 18.3 Å². The van der Waals surface area contributed by atoms with Gasteiger partial charge in [0.25, 0.3) is 0 Å². The predicted octanol–water partition coefficient (Wildman–Crippen LogP) is 2.45. The van der Waals surface area contributed by atoms with Gasteiger partial charge < -0.3 is 0 Å². The summed E-state index contributed by atoms with van der Waals surface area (Å²) in [5, 5.41) is 8.98. The summed E-state index contributed by atoms with van der Waals surface area (Å²) in [6.07, 6.45) is 3.20. The molecule has 0 saturated carbocycles. The summed E-state index contributed by atoms with van der Waals surface area (Å²) in [7, 11) is 0. The topological polar surface area (TPSA) is 53.8 Å². The van der Waals surface area contributed by atoms with Crippen molar-refractivity contribution in [2.45, 2.75) is 13.8 Å². The summed E-state index contributed by atoms with van der Waals surface area (Å²) < 4.78 is 0. The number of ketones is 1. The highest BCUT2D eigenvalue weighted by Gasteiger charge is 2.12. The van der Waals surface area contributed by atoms with Gasteiger partial charge >= 0.3 is 0 Å². The van der Waals surface area contributed by atoms with E-state index in [0.29, 0.717) is 5.56 Å². The van der Waals surface area contributed by atoms with Crippen LogP contribution in [-0.4, -0.2) is 10.8 Å². The van der Waals surface area contributed by atoms with E-state index in [1.165, 1.54) is 6.92 Å². The fourth-order valence-electron chi connectivity index (χ4n) is 1.14. The van der Waals surface area contributed by atoms with E-state index in [1.807, 2.05) is 6.92 Å². The van der Waals surface area contributed by atoms with Gasteiger partial charge in [-0.15, -0.1) is 0 Å². The third kappa shape index (κ3) is 2.42. The highest BCUT2D eigenvalue weighted by Crippen LogP contribution is 2.25. The molecule has 1 rings (SSSR count). The van der Waals surface area contributed by atoms with Crippen molar-refractivity contribution in [2.75, 3.05) is 0 Å². The minimum absolute atomic E-state index is 0.0223. The summed E-state index contributed by atoms with van der Waals surface area (Å²) in [6.45, 7) is 3.14. The number of carbonyl (C=O) groups excluding carboxylic acids is 1. The van der Waals surface area contributed by atoms with Crippen molar-refractivity contribution in [3.8, 4) is 6.07 Å². The fourth-order valence-corrected chi connectivity index (χ4v) is 1.52. The Labute approximate surface area is 93.0 Å². The van der Waals surface area contributed by atoms with Crippen LogP contribution in [0.15, 0.2) is 24.0 Å². The molecule has 0 saturated heterocycles. The first-order valence-electron chi connectivity index (χ1n) is 4.29. The standard InChI is InChI=1S/C11H9ClN2O/c1-7-6-14-4-3-9(7)11(12)10(5-13)8(2)15/h3-4,6H,1-2H3/b11-10+.